The van der Waals surface area contributed by atoms with Crippen molar-refractivity contribution in [3.63, 3.8) is 0 Å². The summed E-state index contributed by atoms with van der Waals surface area (Å²) in [6, 6.07) is 5.24. The Morgan fingerprint density at radius 2 is 1.93 bits per heavy atom. The van der Waals surface area contributed by atoms with E-state index in [2.05, 4.69) is 15.9 Å². The van der Waals surface area contributed by atoms with Gasteiger partial charge in [-0.3, -0.25) is 0 Å². The van der Waals surface area contributed by atoms with E-state index in [-0.39, 0.29) is 0 Å². The van der Waals surface area contributed by atoms with Crippen LogP contribution in [0.3, 0.4) is 0 Å². The first-order valence-electron chi connectivity index (χ1n) is 4.88. The molecule has 0 aromatic heterocycles. The minimum absolute atomic E-state index is 0.611. The van der Waals surface area contributed by atoms with Crippen LogP contribution in [0.25, 0.3) is 0 Å². The molecule has 1 aromatic rings. The summed E-state index contributed by atoms with van der Waals surface area (Å²) in [6.45, 7) is 0.688. The van der Waals surface area contributed by atoms with E-state index in [1.54, 1.807) is 18.2 Å². The molecule has 0 spiro atoms. The average molecular weight is 312 g/mol. The number of hydrogen-bond acceptors (Lipinski definition) is 1. The van der Waals surface area contributed by atoms with Gasteiger partial charge >= 0.3 is 0 Å². The molecule has 0 bridgehead atoms. The standard InChI is InChI=1S/C11H13BrCl2O/c12-6-2-1-3-7-15-11-8-9(13)4-5-10(11)14/h4-5,8H,1-3,6-7H2. The molecular weight excluding hydrogens is 299 g/mol. The second-order valence-electron chi connectivity index (χ2n) is 3.17. The summed E-state index contributed by atoms with van der Waals surface area (Å²) >= 11 is 15.2. The van der Waals surface area contributed by atoms with Gasteiger partial charge in [-0.05, 0) is 31.4 Å². The highest BCUT2D eigenvalue weighted by Gasteiger charge is 2.01. The molecule has 0 radical (unpaired) electrons. The first-order valence-corrected chi connectivity index (χ1v) is 6.75. The molecule has 0 amide bonds. The Labute approximate surface area is 109 Å². The molecule has 0 saturated carbocycles. The summed E-state index contributed by atoms with van der Waals surface area (Å²) in [5, 5.41) is 2.31. The van der Waals surface area contributed by atoms with Gasteiger partial charge in [-0.15, -0.1) is 0 Å². The molecule has 0 unspecified atom stereocenters. The molecule has 0 N–H and O–H groups in total. The molecule has 0 aliphatic carbocycles. The molecule has 15 heavy (non-hydrogen) atoms. The van der Waals surface area contributed by atoms with Crippen molar-refractivity contribution in [2.24, 2.45) is 0 Å². The van der Waals surface area contributed by atoms with Crippen LogP contribution in [-0.4, -0.2) is 11.9 Å². The highest BCUT2D eigenvalue weighted by Crippen LogP contribution is 2.27. The van der Waals surface area contributed by atoms with Gasteiger partial charge < -0.3 is 4.74 Å². The third-order valence-corrected chi connectivity index (χ3v) is 3.04. The van der Waals surface area contributed by atoms with Gasteiger partial charge in [-0.25, -0.2) is 0 Å². The molecule has 84 valence electrons. The zero-order chi connectivity index (χ0) is 11.1. The number of unbranched alkanes of at least 4 members (excludes halogenated alkanes) is 2. The molecule has 0 aliphatic heterocycles. The van der Waals surface area contributed by atoms with Crippen LogP contribution >= 0.6 is 39.1 Å². The minimum atomic E-state index is 0.611. The van der Waals surface area contributed by atoms with E-state index in [9.17, 15) is 0 Å². The molecule has 0 atom stereocenters. The van der Waals surface area contributed by atoms with Crippen LogP contribution in [0, 0.1) is 0 Å². The van der Waals surface area contributed by atoms with Crippen LogP contribution in [0.1, 0.15) is 19.3 Å². The van der Waals surface area contributed by atoms with Gasteiger partial charge in [-0.1, -0.05) is 39.1 Å². The van der Waals surface area contributed by atoms with Crippen molar-refractivity contribution in [3.05, 3.63) is 28.2 Å². The van der Waals surface area contributed by atoms with E-state index in [0.29, 0.717) is 22.4 Å². The predicted octanol–water partition coefficient (Wildman–Crippen LogP) is 4.94. The lowest BCUT2D eigenvalue weighted by Crippen LogP contribution is -1.97. The molecule has 4 heteroatoms. The van der Waals surface area contributed by atoms with Gasteiger partial charge in [0, 0.05) is 16.4 Å². The lowest BCUT2D eigenvalue weighted by atomic mass is 10.3. The Hall–Kier alpha value is 0.0800. The van der Waals surface area contributed by atoms with E-state index in [4.69, 9.17) is 27.9 Å². The van der Waals surface area contributed by atoms with Gasteiger partial charge in [0.2, 0.25) is 0 Å². The van der Waals surface area contributed by atoms with Crippen molar-refractivity contribution >= 4 is 39.1 Å². The SMILES string of the molecule is Clc1ccc(Cl)c(OCCCCCBr)c1. The van der Waals surface area contributed by atoms with Crippen molar-refractivity contribution < 1.29 is 4.74 Å². The molecule has 0 heterocycles. The van der Waals surface area contributed by atoms with Gasteiger partial charge in [0.1, 0.15) is 5.75 Å². The van der Waals surface area contributed by atoms with Crippen molar-refractivity contribution in [1.82, 2.24) is 0 Å². The van der Waals surface area contributed by atoms with Crippen LogP contribution in [0.4, 0.5) is 0 Å². The van der Waals surface area contributed by atoms with E-state index in [1.165, 1.54) is 6.42 Å². The Morgan fingerprint density at radius 3 is 2.67 bits per heavy atom. The zero-order valence-corrected chi connectivity index (χ0v) is 11.4. The van der Waals surface area contributed by atoms with Gasteiger partial charge in [0.05, 0.1) is 11.6 Å². The van der Waals surface area contributed by atoms with Crippen molar-refractivity contribution in [2.45, 2.75) is 19.3 Å². The summed E-state index contributed by atoms with van der Waals surface area (Å²) in [7, 11) is 0. The summed E-state index contributed by atoms with van der Waals surface area (Å²) in [6.07, 6.45) is 3.37. The van der Waals surface area contributed by atoms with E-state index < -0.39 is 0 Å². The Kier molecular flexibility index (Phi) is 6.46. The zero-order valence-electron chi connectivity index (χ0n) is 8.31. The van der Waals surface area contributed by atoms with Crippen molar-refractivity contribution in [2.75, 3.05) is 11.9 Å². The second kappa shape index (κ2) is 7.37. The molecule has 0 saturated heterocycles. The summed E-state index contributed by atoms with van der Waals surface area (Å²) in [4.78, 5) is 0. The monoisotopic (exact) mass is 310 g/mol. The normalized spacial score (nSPS) is 10.3. The Morgan fingerprint density at radius 1 is 1.13 bits per heavy atom. The third-order valence-electron chi connectivity index (χ3n) is 1.93. The highest BCUT2D eigenvalue weighted by atomic mass is 79.9. The number of alkyl halides is 1. The smallest absolute Gasteiger partial charge is 0.139 e. The maximum absolute atomic E-state index is 5.95. The fourth-order valence-electron chi connectivity index (χ4n) is 1.14. The second-order valence-corrected chi connectivity index (χ2v) is 4.81. The van der Waals surface area contributed by atoms with Crippen LogP contribution in [0.15, 0.2) is 18.2 Å². The quantitative estimate of drug-likeness (QED) is 0.534. The van der Waals surface area contributed by atoms with Gasteiger partial charge in [0.25, 0.3) is 0 Å². The first-order chi connectivity index (χ1) is 7.24. The predicted molar refractivity (Wildman–Crippen MR) is 69.6 cm³/mol. The minimum Gasteiger partial charge on any atom is -0.492 e. The lowest BCUT2D eigenvalue weighted by Gasteiger charge is -2.07. The lowest BCUT2D eigenvalue weighted by molar-refractivity contribution is 0.307. The summed E-state index contributed by atoms with van der Waals surface area (Å²) in [5.41, 5.74) is 0. The Balaban J connectivity index is 2.33. The average Bonchev–Trinajstić information content (AvgIpc) is 2.23. The molecular formula is C11H13BrCl2O. The van der Waals surface area contributed by atoms with Gasteiger partial charge in [0.15, 0.2) is 0 Å². The van der Waals surface area contributed by atoms with E-state index in [1.807, 2.05) is 0 Å². The summed E-state index contributed by atoms with van der Waals surface area (Å²) < 4.78 is 5.53. The van der Waals surface area contributed by atoms with Crippen LogP contribution in [-0.2, 0) is 0 Å². The molecule has 0 fully saturated rings. The molecule has 0 aliphatic rings. The molecule has 1 nitrogen and oxygen atoms in total. The number of ether oxygens (including phenoxy) is 1. The van der Waals surface area contributed by atoms with E-state index >= 15 is 0 Å². The maximum atomic E-state index is 5.95. The number of hydrogen-bond donors (Lipinski definition) is 0. The highest BCUT2D eigenvalue weighted by molar-refractivity contribution is 9.09. The number of benzene rings is 1. The Bertz CT molecular complexity index is 305. The maximum Gasteiger partial charge on any atom is 0.139 e. The van der Waals surface area contributed by atoms with Crippen molar-refractivity contribution in [1.29, 1.82) is 0 Å². The van der Waals surface area contributed by atoms with Gasteiger partial charge in [-0.2, -0.15) is 0 Å². The number of halogens is 3. The number of rotatable bonds is 6. The topological polar surface area (TPSA) is 9.23 Å². The molecule has 1 aromatic carbocycles. The van der Waals surface area contributed by atoms with E-state index in [0.717, 1.165) is 18.2 Å². The largest absolute Gasteiger partial charge is 0.492 e. The third kappa shape index (κ3) is 5.10. The van der Waals surface area contributed by atoms with Crippen LogP contribution in [0.5, 0.6) is 5.75 Å². The fraction of sp³-hybridized carbons (Fsp3) is 0.455. The summed E-state index contributed by atoms with van der Waals surface area (Å²) in [5.74, 6) is 0.669. The van der Waals surface area contributed by atoms with Crippen molar-refractivity contribution in [3.8, 4) is 5.75 Å². The fourth-order valence-corrected chi connectivity index (χ4v) is 1.87. The first kappa shape index (κ1) is 13.1. The van der Waals surface area contributed by atoms with Crippen LogP contribution in [0.2, 0.25) is 10.0 Å². The molecule has 1 rings (SSSR count). The van der Waals surface area contributed by atoms with Crippen LogP contribution < -0.4 is 4.74 Å².